The molecule has 0 N–H and O–H groups in total. The first-order valence-electron chi connectivity index (χ1n) is 9.95. The average molecular weight is 475 g/mol. The molecule has 1 amide bonds. The van der Waals surface area contributed by atoms with Gasteiger partial charge in [0, 0.05) is 10.7 Å². The number of carbonyl (C=O) groups is 1. The molecule has 3 heterocycles. The maximum atomic E-state index is 13.7. The molecule has 0 bridgehead atoms. The quantitative estimate of drug-likeness (QED) is 0.377. The van der Waals surface area contributed by atoms with Crippen LogP contribution in [0.1, 0.15) is 44.4 Å². The van der Waals surface area contributed by atoms with Crippen LogP contribution in [0.5, 0.6) is 0 Å². The first-order valence-corrected chi connectivity index (χ1v) is 10.7. The number of hydrogen-bond acceptors (Lipinski definition) is 4. The minimum absolute atomic E-state index is 0.0805. The molecule has 0 unspecified atom stereocenters. The Morgan fingerprint density at radius 1 is 0.968 bits per heavy atom. The lowest BCUT2D eigenvalue weighted by atomic mass is 9.97. The van der Waals surface area contributed by atoms with Gasteiger partial charge < -0.3 is 4.42 Å². The van der Waals surface area contributed by atoms with Gasteiger partial charge >= 0.3 is 0 Å². The molecule has 2 aromatic carbocycles. The van der Waals surface area contributed by atoms with Crippen LogP contribution in [0.25, 0.3) is 11.0 Å². The number of aromatic nitrogens is 1. The Labute approximate surface area is 187 Å². The SMILES string of the molecule is Cc1ccnc(N2C(=O)c3oc4cc(C)c(C)cc4c(=O)c3[C@H]2c2ccc(Br)cc2)c1. The van der Waals surface area contributed by atoms with Crippen molar-refractivity contribution >= 4 is 38.6 Å². The maximum Gasteiger partial charge on any atom is 0.296 e. The number of amides is 1. The monoisotopic (exact) mass is 474 g/mol. The molecule has 1 aliphatic rings. The normalized spacial score (nSPS) is 15.5. The average Bonchev–Trinajstić information content (AvgIpc) is 3.03. The topological polar surface area (TPSA) is 63.4 Å². The third kappa shape index (κ3) is 3.10. The second-order valence-electron chi connectivity index (χ2n) is 7.93. The molecule has 0 radical (unpaired) electrons. The van der Waals surface area contributed by atoms with Crippen LogP contribution in [-0.2, 0) is 0 Å². The summed E-state index contributed by atoms with van der Waals surface area (Å²) >= 11 is 3.46. The summed E-state index contributed by atoms with van der Waals surface area (Å²) in [5, 5.41) is 0.482. The summed E-state index contributed by atoms with van der Waals surface area (Å²) in [5.74, 6) is 0.204. The van der Waals surface area contributed by atoms with E-state index in [2.05, 4.69) is 20.9 Å². The molecule has 2 aromatic heterocycles. The van der Waals surface area contributed by atoms with Crippen LogP contribution in [0.15, 0.2) is 68.4 Å². The Bertz CT molecular complexity index is 1420. The van der Waals surface area contributed by atoms with Gasteiger partial charge in [-0.3, -0.25) is 14.5 Å². The summed E-state index contributed by atoms with van der Waals surface area (Å²) in [6.45, 7) is 5.86. The van der Waals surface area contributed by atoms with Crippen molar-refractivity contribution in [1.29, 1.82) is 0 Å². The van der Waals surface area contributed by atoms with Crippen LogP contribution in [0.3, 0.4) is 0 Å². The van der Waals surface area contributed by atoms with Gasteiger partial charge in [0.15, 0.2) is 5.43 Å². The third-order valence-electron chi connectivity index (χ3n) is 5.82. The van der Waals surface area contributed by atoms with E-state index in [0.717, 1.165) is 26.7 Å². The van der Waals surface area contributed by atoms with Gasteiger partial charge in [0.05, 0.1) is 17.0 Å². The zero-order valence-corrected chi connectivity index (χ0v) is 18.9. The molecule has 0 spiro atoms. The highest BCUT2D eigenvalue weighted by Gasteiger charge is 2.44. The van der Waals surface area contributed by atoms with Crippen LogP contribution >= 0.6 is 15.9 Å². The summed E-state index contributed by atoms with van der Waals surface area (Å²) in [6.07, 6.45) is 1.66. The lowest BCUT2D eigenvalue weighted by molar-refractivity contribution is 0.0970. The van der Waals surface area contributed by atoms with E-state index in [1.54, 1.807) is 11.1 Å². The fraction of sp³-hybridized carbons (Fsp3) is 0.160. The maximum absolute atomic E-state index is 13.7. The van der Waals surface area contributed by atoms with E-state index in [4.69, 9.17) is 4.42 Å². The first kappa shape index (κ1) is 19.7. The zero-order valence-electron chi connectivity index (χ0n) is 17.3. The number of halogens is 1. The van der Waals surface area contributed by atoms with Crippen LogP contribution in [0.2, 0.25) is 0 Å². The number of rotatable bonds is 2. The predicted octanol–water partition coefficient (Wildman–Crippen LogP) is 5.63. The lowest BCUT2D eigenvalue weighted by Crippen LogP contribution is -2.30. The van der Waals surface area contributed by atoms with E-state index in [0.29, 0.717) is 22.4 Å². The number of hydrogen-bond donors (Lipinski definition) is 0. The number of carbonyl (C=O) groups excluding carboxylic acids is 1. The van der Waals surface area contributed by atoms with Gasteiger partial charge in [-0.25, -0.2) is 4.98 Å². The van der Waals surface area contributed by atoms with E-state index >= 15 is 0 Å². The van der Waals surface area contributed by atoms with Crippen molar-refractivity contribution in [1.82, 2.24) is 4.98 Å². The van der Waals surface area contributed by atoms with Crippen molar-refractivity contribution in [2.45, 2.75) is 26.8 Å². The first-order chi connectivity index (χ1) is 14.8. The predicted molar refractivity (Wildman–Crippen MR) is 124 cm³/mol. The summed E-state index contributed by atoms with van der Waals surface area (Å²) < 4.78 is 6.98. The standard InChI is InChI=1S/C25H19BrN2O3/c1-13-8-9-27-20(10-13)28-22(16-4-6-17(26)7-5-16)21-23(29)18-11-14(2)15(3)12-19(18)31-24(21)25(28)30/h4-12,22H,1-3H3/t22-/m1/s1. The summed E-state index contributed by atoms with van der Waals surface area (Å²) in [5.41, 5.74) is 4.38. The molecule has 5 nitrogen and oxygen atoms in total. The number of pyridine rings is 1. The summed E-state index contributed by atoms with van der Waals surface area (Å²) in [4.78, 5) is 33.2. The smallest absolute Gasteiger partial charge is 0.296 e. The minimum atomic E-state index is -0.618. The fourth-order valence-electron chi connectivity index (χ4n) is 4.08. The number of benzene rings is 2. The van der Waals surface area contributed by atoms with Gasteiger partial charge in [0.25, 0.3) is 5.91 Å². The number of fused-ring (bicyclic) bond motifs is 2. The van der Waals surface area contributed by atoms with E-state index in [-0.39, 0.29) is 17.1 Å². The molecule has 154 valence electrons. The highest BCUT2D eigenvalue weighted by Crippen LogP contribution is 2.41. The van der Waals surface area contributed by atoms with Gasteiger partial charge in [0.2, 0.25) is 5.76 Å². The molecular weight excluding hydrogens is 456 g/mol. The van der Waals surface area contributed by atoms with Crippen molar-refractivity contribution in [3.05, 3.63) is 103 Å². The number of nitrogens with zero attached hydrogens (tertiary/aromatic N) is 2. The highest BCUT2D eigenvalue weighted by molar-refractivity contribution is 9.10. The van der Waals surface area contributed by atoms with Gasteiger partial charge in [-0.2, -0.15) is 0 Å². The largest absolute Gasteiger partial charge is 0.450 e. The zero-order chi connectivity index (χ0) is 21.9. The summed E-state index contributed by atoms with van der Waals surface area (Å²) in [7, 11) is 0. The van der Waals surface area contributed by atoms with Crippen molar-refractivity contribution < 1.29 is 9.21 Å². The second-order valence-corrected chi connectivity index (χ2v) is 8.84. The van der Waals surface area contributed by atoms with Crippen molar-refractivity contribution in [2.24, 2.45) is 0 Å². The van der Waals surface area contributed by atoms with Crippen molar-refractivity contribution in [3.8, 4) is 0 Å². The van der Waals surface area contributed by atoms with Gasteiger partial charge in [-0.1, -0.05) is 28.1 Å². The van der Waals surface area contributed by atoms with E-state index in [9.17, 15) is 9.59 Å². The summed E-state index contributed by atoms with van der Waals surface area (Å²) in [6, 6.07) is 14.4. The molecule has 0 saturated heterocycles. The molecule has 31 heavy (non-hydrogen) atoms. The third-order valence-corrected chi connectivity index (χ3v) is 6.35. The minimum Gasteiger partial charge on any atom is -0.450 e. The molecule has 4 aromatic rings. The molecule has 0 fully saturated rings. The molecular formula is C25H19BrN2O3. The highest BCUT2D eigenvalue weighted by atomic mass is 79.9. The van der Waals surface area contributed by atoms with Gasteiger partial charge in [-0.05, 0) is 79.4 Å². The van der Waals surface area contributed by atoms with Crippen LogP contribution in [0, 0.1) is 20.8 Å². The van der Waals surface area contributed by atoms with Gasteiger partial charge in [-0.15, -0.1) is 0 Å². The fourth-order valence-corrected chi connectivity index (χ4v) is 4.34. The van der Waals surface area contributed by atoms with Crippen LogP contribution in [0.4, 0.5) is 5.82 Å². The van der Waals surface area contributed by atoms with E-state index < -0.39 is 6.04 Å². The Kier molecular flexibility index (Phi) is 4.55. The van der Waals surface area contributed by atoms with Crippen LogP contribution in [-0.4, -0.2) is 10.9 Å². The van der Waals surface area contributed by atoms with E-state index in [1.807, 2.05) is 69.3 Å². The molecule has 0 aliphatic carbocycles. The Morgan fingerprint density at radius 2 is 1.68 bits per heavy atom. The van der Waals surface area contributed by atoms with Crippen molar-refractivity contribution in [3.63, 3.8) is 0 Å². The van der Waals surface area contributed by atoms with Crippen molar-refractivity contribution in [2.75, 3.05) is 4.90 Å². The molecule has 1 aliphatic heterocycles. The molecule has 0 saturated carbocycles. The number of anilines is 1. The number of aryl methyl sites for hydroxylation is 3. The second kappa shape index (κ2) is 7.17. The molecule has 1 atom stereocenters. The van der Waals surface area contributed by atoms with E-state index in [1.165, 1.54) is 0 Å². The Hall–Kier alpha value is -3.25. The molecule has 6 heteroatoms. The lowest BCUT2D eigenvalue weighted by Gasteiger charge is -2.24. The van der Waals surface area contributed by atoms with Crippen LogP contribution < -0.4 is 10.3 Å². The Morgan fingerprint density at radius 3 is 2.39 bits per heavy atom. The Balaban J connectivity index is 1.83. The van der Waals surface area contributed by atoms with Gasteiger partial charge in [0.1, 0.15) is 11.4 Å². The molecule has 5 rings (SSSR count).